The van der Waals surface area contributed by atoms with Gasteiger partial charge in [-0.1, -0.05) is 0 Å². The number of carboxylic acid groups (broad SMARTS) is 1. The molecule has 0 spiro atoms. The summed E-state index contributed by atoms with van der Waals surface area (Å²) < 4.78 is 10.2. The molecule has 0 saturated carbocycles. The van der Waals surface area contributed by atoms with Crippen molar-refractivity contribution in [3.05, 3.63) is 18.2 Å². The van der Waals surface area contributed by atoms with Crippen LogP contribution in [0.3, 0.4) is 0 Å². The van der Waals surface area contributed by atoms with Crippen LogP contribution in [-0.4, -0.2) is 45.2 Å². The van der Waals surface area contributed by atoms with Crippen LogP contribution in [0.25, 0.3) is 0 Å². The lowest BCUT2D eigenvalue weighted by molar-refractivity contribution is -0.695. The van der Waals surface area contributed by atoms with E-state index in [2.05, 4.69) is 11.1 Å². The van der Waals surface area contributed by atoms with Gasteiger partial charge >= 0.3 is 0 Å². The fourth-order valence-electron chi connectivity index (χ4n) is 1.89. The van der Waals surface area contributed by atoms with Gasteiger partial charge in [0.1, 0.15) is 30.6 Å². The van der Waals surface area contributed by atoms with Crippen LogP contribution in [0.5, 0.6) is 11.5 Å². The van der Waals surface area contributed by atoms with Gasteiger partial charge in [0.2, 0.25) is 5.91 Å². The second-order valence-corrected chi connectivity index (χ2v) is 4.62. The van der Waals surface area contributed by atoms with Gasteiger partial charge in [0, 0.05) is 6.07 Å². The second kappa shape index (κ2) is 8.85. The highest BCUT2D eigenvalue weighted by atomic mass is 16.5. The number of nitrogens with two attached hydrogens (primary N) is 1. The van der Waals surface area contributed by atoms with E-state index in [1.165, 1.54) is 19.5 Å². The maximum atomic E-state index is 12.0. The van der Waals surface area contributed by atoms with Gasteiger partial charge in [-0.3, -0.25) is 4.79 Å². The van der Waals surface area contributed by atoms with Gasteiger partial charge in [0.05, 0.1) is 32.3 Å². The van der Waals surface area contributed by atoms with Crippen LogP contribution in [0.4, 0.5) is 5.69 Å². The third-order valence-electron chi connectivity index (χ3n) is 3.04. The summed E-state index contributed by atoms with van der Waals surface area (Å²) in [6, 6.07) is 4.00. The lowest BCUT2D eigenvalue weighted by Crippen LogP contribution is -2.95. The van der Waals surface area contributed by atoms with Crippen molar-refractivity contribution >= 4 is 17.6 Å². The number of amides is 1. The van der Waals surface area contributed by atoms with E-state index in [4.69, 9.17) is 9.47 Å². The molecular formula is C14H22N3O5+. The number of hydrogen-bond acceptors (Lipinski definition) is 5. The number of anilines is 1. The maximum Gasteiger partial charge on any atom is 0.230 e. The van der Waals surface area contributed by atoms with Crippen LogP contribution in [0.15, 0.2) is 18.2 Å². The van der Waals surface area contributed by atoms with Gasteiger partial charge in [0.15, 0.2) is 0 Å². The highest BCUT2D eigenvalue weighted by molar-refractivity contribution is 5.94. The number of rotatable bonds is 9. The molecule has 1 rings (SSSR count). The molecule has 0 aliphatic rings. The summed E-state index contributed by atoms with van der Waals surface area (Å²) in [5, 5.41) is 15.2. The summed E-state index contributed by atoms with van der Waals surface area (Å²) in [5.74, 6) is -0.709. The predicted molar refractivity (Wildman–Crippen MR) is 76.1 cm³/mol. The molecule has 0 saturated heterocycles. The maximum absolute atomic E-state index is 12.0. The molecule has 22 heavy (non-hydrogen) atoms. The van der Waals surface area contributed by atoms with Crippen molar-refractivity contribution in [2.75, 3.05) is 32.6 Å². The van der Waals surface area contributed by atoms with Gasteiger partial charge in [-0.05, 0) is 12.1 Å². The number of hydrogen-bond donors (Lipinski definition) is 3. The number of nitrogens with one attached hydrogen (secondary N) is 1. The smallest absolute Gasteiger partial charge is 0.230 e. The fraction of sp³-hybridized carbons (Fsp3) is 0.429. The summed E-state index contributed by atoms with van der Waals surface area (Å²) in [5.41, 5.74) is 4.05. The van der Waals surface area contributed by atoms with Crippen LogP contribution < -0.4 is 30.9 Å². The van der Waals surface area contributed by atoms with Gasteiger partial charge in [-0.15, -0.1) is 0 Å². The fourth-order valence-corrected chi connectivity index (χ4v) is 1.89. The molecule has 1 aromatic carbocycles. The van der Waals surface area contributed by atoms with E-state index in [1.807, 2.05) is 0 Å². The highest BCUT2D eigenvalue weighted by Gasteiger charge is 2.19. The topological polar surface area (TPSA) is 132 Å². The Labute approximate surface area is 128 Å². The predicted octanol–water partition coefficient (Wildman–Crippen LogP) is -3.04. The van der Waals surface area contributed by atoms with Crippen molar-refractivity contribution in [3.8, 4) is 11.5 Å². The molecule has 1 amide bonds. The zero-order chi connectivity index (χ0) is 16.5. The molecule has 0 heterocycles. The highest BCUT2D eigenvalue weighted by Crippen LogP contribution is 2.28. The molecule has 0 unspecified atom stereocenters. The SMILES string of the molecule is COc1ccc(OC)c(NC(=O)C[C@H]([NH2+]CC[NH3+])C(=O)[O-])c1. The zero-order valence-corrected chi connectivity index (χ0v) is 12.8. The Morgan fingerprint density at radius 1 is 1.36 bits per heavy atom. The number of carbonyl (C=O) groups excluding carboxylic acids is 2. The van der Waals surface area contributed by atoms with E-state index in [9.17, 15) is 14.7 Å². The third kappa shape index (κ3) is 5.23. The van der Waals surface area contributed by atoms with E-state index in [-0.39, 0.29) is 6.42 Å². The third-order valence-corrected chi connectivity index (χ3v) is 3.04. The average Bonchev–Trinajstić information content (AvgIpc) is 2.50. The number of benzene rings is 1. The second-order valence-electron chi connectivity index (χ2n) is 4.62. The number of carboxylic acids is 1. The number of ether oxygens (including phenoxy) is 2. The van der Waals surface area contributed by atoms with Crippen LogP contribution in [0.2, 0.25) is 0 Å². The van der Waals surface area contributed by atoms with Crippen molar-refractivity contribution in [2.45, 2.75) is 12.5 Å². The number of carbonyl (C=O) groups is 2. The monoisotopic (exact) mass is 312 g/mol. The Kier molecular flexibility index (Phi) is 7.14. The Morgan fingerprint density at radius 3 is 2.64 bits per heavy atom. The average molecular weight is 312 g/mol. The van der Waals surface area contributed by atoms with E-state index >= 15 is 0 Å². The Bertz CT molecular complexity index is 521. The molecule has 0 aliphatic carbocycles. The largest absolute Gasteiger partial charge is 0.544 e. The van der Waals surface area contributed by atoms with E-state index < -0.39 is 17.9 Å². The molecule has 0 bridgehead atoms. The van der Waals surface area contributed by atoms with Gasteiger partial charge in [-0.2, -0.15) is 0 Å². The van der Waals surface area contributed by atoms with Crippen LogP contribution in [0, 0.1) is 0 Å². The van der Waals surface area contributed by atoms with Crippen molar-refractivity contribution < 1.29 is 35.2 Å². The zero-order valence-electron chi connectivity index (χ0n) is 12.8. The standard InChI is InChI=1S/C14H21N3O5/c1-21-9-3-4-12(22-2)10(7-9)17-13(18)8-11(14(19)20)16-6-5-15/h3-4,7,11,16H,5-6,8,15H2,1-2H3,(H,17,18)(H,19,20)/p+1/t11-/m0/s1. The Hall–Kier alpha value is -2.32. The first-order valence-electron chi connectivity index (χ1n) is 6.87. The first-order valence-corrected chi connectivity index (χ1v) is 6.87. The van der Waals surface area contributed by atoms with E-state index in [0.717, 1.165) is 0 Å². The van der Waals surface area contributed by atoms with Crippen LogP contribution >= 0.6 is 0 Å². The minimum Gasteiger partial charge on any atom is -0.544 e. The van der Waals surface area contributed by atoms with Gasteiger partial charge < -0.3 is 35.7 Å². The molecule has 6 N–H and O–H groups in total. The molecule has 8 nitrogen and oxygen atoms in total. The molecule has 0 fully saturated rings. The van der Waals surface area contributed by atoms with Gasteiger partial charge in [0.25, 0.3) is 0 Å². The number of quaternary nitrogens is 2. The molecule has 122 valence electrons. The molecule has 1 atom stereocenters. The summed E-state index contributed by atoms with van der Waals surface area (Å²) in [4.78, 5) is 23.1. The first-order chi connectivity index (χ1) is 10.5. The van der Waals surface area contributed by atoms with Crippen molar-refractivity contribution in [2.24, 2.45) is 0 Å². The summed E-state index contributed by atoms with van der Waals surface area (Å²) in [7, 11) is 2.98. The van der Waals surface area contributed by atoms with E-state index in [1.54, 1.807) is 18.2 Å². The molecule has 1 aromatic rings. The summed E-state index contributed by atoms with van der Waals surface area (Å²) in [6.07, 6.45) is -0.206. The lowest BCUT2D eigenvalue weighted by atomic mass is 10.2. The minimum atomic E-state index is -1.28. The summed E-state index contributed by atoms with van der Waals surface area (Å²) >= 11 is 0. The summed E-state index contributed by atoms with van der Waals surface area (Å²) in [6.45, 7) is 1.07. The molecule has 0 aliphatic heterocycles. The number of aliphatic carboxylic acids is 1. The Morgan fingerprint density at radius 2 is 2.09 bits per heavy atom. The van der Waals surface area contributed by atoms with Crippen LogP contribution in [-0.2, 0) is 9.59 Å². The molecule has 0 aromatic heterocycles. The minimum absolute atomic E-state index is 0.206. The lowest BCUT2D eigenvalue weighted by Gasteiger charge is -2.16. The van der Waals surface area contributed by atoms with Crippen molar-refractivity contribution in [3.63, 3.8) is 0 Å². The van der Waals surface area contributed by atoms with Crippen LogP contribution in [0.1, 0.15) is 6.42 Å². The normalized spacial score (nSPS) is 11.6. The quantitative estimate of drug-likeness (QED) is 0.446. The number of methoxy groups -OCH3 is 2. The van der Waals surface area contributed by atoms with Crippen molar-refractivity contribution in [1.82, 2.24) is 0 Å². The van der Waals surface area contributed by atoms with E-state index in [0.29, 0.717) is 30.3 Å². The van der Waals surface area contributed by atoms with Crippen molar-refractivity contribution in [1.29, 1.82) is 0 Å². The Balaban J connectivity index is 2.76. The van der Waals surface area contributed by atoms with Gasteiger partial charge in [-0.25, -0.2) is 0 Å². The molecule has 8 heteroatoms. The molecule has 0 radical (unpaired) electrons. The molecular weight excluding hydrogens is 290 g/mol. The first kappa shape index (κ1) is 17.7.